The number of hydrogen-bond donors (Lipinski definition) is 1. The molecule has 1 amide bonds. The number of ether oxygens (including phenoxy) is 2. The molecule has 0 saturated carbocycles. The van der Waals surface area contributed by atoms with Crippen LogP contribution in [0.25, 0.3) is 0 Å². The molecule has 6 heteroatoms. The molecule has 2 aromatic carbocycles. The van der Waals surface area contributed by atoms with Crippen molar-refractivity contribution in [2.45, 2.75) is 19.6 Å². The summed E-state index contributed by atoms with van der Waals surface area (Å²) in [5.74, 6) is 2.51. The second-order valence-electron chi connectivity index (χ2n) is 6.07. The van der Waals surface area contributed by atoms with Crippen LogP contribution < -0.4 is 14.9 Å². The lowest BCUT2D eigenvalue weighted by molar-refractivity contribution is -0.118. The highest BCUT2D eigenvalue weighted by Gasteiger charge is 2.12. The number of hydrazone groups is 1. The first-order chi connectivity index (χ1) is 12.6. The van der Waals surface area contributed by atoms with Crippen molar-refractivity contribution in [1.29, 1.82) is 0 Å². The van der Waals surface area contributed by atoms with Gasteiger partial charge in [0, 0.05) is 11.3 Å². The fourth-order valence-corrected chi connectivity index (χ4v) is 3.24. The third-order valence-corrected chi connectivity index (χ3v) is 4.93. The summed E-state index contributed by atoms with van der Waals surface area (Å²) < 4.78 is 11.1. The van der Waals surface area contributed by atoms with Gasteiger partial charge in [-0.3, -0.25) is 4.79 Å². The van der Waals surface area contributed by atoms with Crippen molar-refractivity contribution in [2.75, 3.05) is 19.0 Å². The van der Waals surface area contributed by atoms with Crippen LogP contribution in [0.4, 0.5) is 0 Å². The van der Waals surface area contributed by atoms with Crippen LogP contribution in [0.3, 0.4) is 0 Å². The second-order valence-corrected chi connectivity index (χ2v) is 7.05. The molecule has 0 spiro atoms. The molecule has 0 fully saturated rings. The van der Waals surface area contributed by atoms with Gasteiger partial charge in [-0.15, -0.1) is 11.8 Å². The molecule has 2 aromatic rings. The van der Waals surface area contributed by atoms with Crippen molar-refractivity contribution in [1.82, 2.24) is 5.43 Å². The van der Waals surface area contributed by atoms with Gasteiger partial charge in [-0.1, -0.05) is 29.8 Å². The van der Waals surface area contributed by atoms with Crippen LogP contribution in [0, 0.1) is 6.92 Å². The summed E-state index contributed by atoms with van der Waals surface area (Å²) in [6, 6.07) is 14.0. The number of fused-ring (bicyclic) bond motifs is 1. The number of carbonyl (C=O) groups excluding carboxylic acids is 1. The minimum atomic E-state index is -0.112. The van der Waals surface area contributed by atoms with Gasteiger partial charge in [-0.05, 0) is 37.6 Å². The molecule has 0 bridgehead atoms. The summed E-state index contributed by atoms with van der Waals surface area (Å²) in [5.41, 5.74) is 6.67. The van der Waals surface area contributed by atoms with Crippen LogP contribution in [-0.2, 0) is 10.5 Å². The van der Waals surface area contributed by atoms with E-state index in [4.69, 9.17) is 9.47 Å². The van der Waals surface area contributed by atoms with Crippen molar-refractivity contribution >= 4 is 23.4 Å². The molecule has 26 heavy (non-hydrogen) atoms. The van der Waals surface area contributed by atoms with Gasteiger partial charge in [-0.25, -0.2) is 5.43 Å². The third kappa shape index (κ3) is 5.02. The van der Waals surface area contributed by atoms with Gasteiger partial charge in [-0.2, -0.15) is 5.10 Å². The van der Waals surface area contributed by atoms with E-state index in [1.807, 2.05) is 25.1 Å². The Hall–Kier alpha value is -2.47. The minimum absolute atomic E-state index is 0.112. The maximum absolute atomic E-state index is 12.0. The molecule has 0 unspecified atom stereocenters. The Morgan fingerprint density at radius 1 is 1.12 bits per heavy atom. The Morgan fingerprint density at radius 2 is 1.85 bits per heavy atom. The molecule has 0 radical (unpaired) electrons. The molecule has 0 saturated heterocycles. The Morgan fingerprint density at radius 3 is 2.62 bits per heavy atom. The molecule has 3 rings (SSSR count). The lowest BCUT2D eigenvalue weighted by Gasteiger charge is -2.18. The second kappa shape index (κ2) is 8.76. The van der Waals surface area contributed by atoms with Crippen LogP contribution in [0.15, 0.2) is 47.6 Å². The molecule has 1 N–H and O–H groups in total. The zero-order valence-corrected chi connectivity index (χ0v) is 15.8. The quantitative estimate of drug-likeness (QED) is 0.624. The van der Waals surface area contributed by atoms with Crippen molar-refractivity contribution in [3.8, 4) is 11.5 Å². The number of carbonyl (C=O) groups is 1. The fourth-order valence-electron chi connectivity index (χ4n) is 2.46. The zero-order chi connectivity index (χ0) is 18.4. The lowest BCUT2D eigenvalue weighted by Crippen LogP contribution is -2.21. The van der Waals surface area contributed by atoms with Gasteiger partial charge in [0.2, 0.25) is 5.91 Å². The van der Waals surface area contributed by atoms with Crippen LogP contribution in [-0.4, -0.2) is 30.6 Å². The monoisotopic (exact) mass is 370 g/mol. The fraction of sp³-hybridized carbons (Fsp3) is 0.300. The summed E-state index contributed by atoms with van der Waals surface area (Å²) >= 11 is 1.57. The molecular formula is C20H22N2O3S. The van der Waals surface area contributed by atoms with Crippen molar-refractivity contribution in [3.63, 3.8) is 0 Å². The number of aryl methyl sites for hydroxylation is 1. The standard InChI is InChI=1S/C20H22N2O3S/c1-14-3-5-16(6-4-14)12-26-13-20(23)22-21-15(2)17-7-8-18-19(11-17)25-10-9-24-18/h3-8,11H,9-10,12-13H2,1-2H3,(H,22,23)/b21-15+. The van der Waals surface area contributed by atoms with E-state index >= 15 is 0 Å². The van der Waals surface area contributed by atoms with E-state index in [9.17, 15) is 4.79 Å². The van der Waals surface area contributed by atoms with Gasteiger partial charge >= 0.3 is 0 Å². The Kier molecular flexibility index (Phi) is 6.17. The summed E-state index contributed by atoms with van der Waals surface area (Å²) in [5, 5.41) is 4.19. The van der Waals surface area contributed by atoms with E-state index in [1.165, 1.54) is 11.1 Å². The summed E-state index contributed by atoms with van der Waals surface area (Å²) in [6.07, 6.45) is 0. The SMILES string of the molecule is C/C(=N\NC(=O)CSCc1ccc(C)cc1)c1ccc2c(c1)OCCO2. The molecule has 1 heterocycles. The number of rotatable bonds is 6. The Labute approximate surface area is 157 Å². The number of thioether (sulfide) groups is 1. The number of nitrogens with one attached hydrogen (secondary N) is 1. The van der Waals surface area contributed by atoms with Crippen LogP contribution >= 0.6 is 11.8 Å². The van der Waals surface area contributed by atoms with E-state index < -0.39 is 0 Å². The smallest absolute Gasteiger partial charge is 0.250 e. The summed E-state index contributed by atoms with van der Waals surface area (Å²) in [6.45, 7) is 5.02. The van der Waals surface area contributed by atoms with Gasteiger partial charge in [0.15, 0.2) is 11.5 Å². The Balaban J connectivity index is 1.48. The first-order valence-corrected chi connectivity index (χ1v) is 9.64. The average molecular weight is 370 g/mol. The van der Waals surface area contributed by atoms with Crippen molar-refractivity contribution in [3.05, 3.63) is 59.2 Å². The number of benzene rings is 2. The summed E-state index contributed by atoms with van der Waals surface area (Å²) in [4.78, 5) is 12.0. The molecule has 1 aliphatic heterocycles. The zero-order valence-electron chi connectivity index (χ0n) is 15.0. The van der Waals surface area contributed by atoms with Gasteiger partial charge in [0.05, 0.1) is 11.5 Å². The van der Waals surface area contributed by atoms with E-state index in [-0.39, 0.29) is 5.91 Å². The highest BCUT2D eigenvalue weighted by molar-refractivity contribution is 7.99. The third-order valence-electron chi connectivity index (χ3n) is 3.93. The molecule has 5 nitrogen and oxygen atoms in total. The molecule has 1 aliphatic rings. The predicted octanol–water partition coefficient (Wildman–Crippen LogP) is 3.54. The normalized spacial score (nSPS) is 13.4. The van der Waals surface area contributed by atoms with Gasteiger partial charge < -0.3 is 9.47 Å². The molecule has 0 aliphatic carbocycles. The first-order valence-electron chi connectivity index (χ1n) is 8.48. The topological polar surface area (TPSA) is 59.9 Å². The van der Waals surface area contributed by atoms with Crippen LogP contribution in [0.1, 0.15) is 23.6 Å². The Bertz CT molecular complexity index is 803. The lowest BCUT2D eigenvalue weighted by atomic mass is 10.1. The average Bonchev–Trinajstić information content (AvgIpc) is 2.67. The van der Waals surface area contributed by atoms with Crippen LogP contribution in [0.5, 0.6) is 11.5 Å². The highest BCUT2D eigenvalue weighted by atomic mass is 32.2. The van der Waals surface area contributed by atoms with Crippen LogP contribution in [0.2, 0.25) is 0 Å². The van der Waals surface area contributed by atoms with E-state index in [1.54, 1.807) is 11.8 Å². The number of hydrogen-bond acceptors (Lipinski definition) is 5. The molecular weight excluding hydrogens is 348 g/mol. The molecule has 0 atom stereocenters. The van der Waals surface area contributed by atoms with E-state index in [2.05, 4.69) is 41.7 Å². The summed E-state index contributed by atoms with van der Waals surface area (Å²) in [7, 11) is 0. The number of nitrogens with zero attached hydrogens (tertiary/aromatic N) is 1. The predicted molar refractivity (Wildman–Crippen MR) is 105 cm³/mol. The highest BCUT2D eigenvalue weighted by Crippen LogP contribution is 2.30. The van der Waals surface area contributed by atoms with E-state index in [0.29, 0.717) is 24.7 Å². The molecule has 136 valence electrons. The van der Waals surface area contributed by atoms with Gasteiger partial charge in [0.1, 0.15) is 13.2 Å². The maximum atomic E-state index is 12.0. The number of amides is 1. The first kappa shape index (κ1) is 18.3. The minimum Gasteiger partial charge on any atom is -0.486 e. The maximum Gasteiger partial charge on any atom is 0.250 e. The van der Waals surface area contributed by atoms with E-state index in [0.717, 1.165) is 22.8 Å². The molecule has 0 aromatic heterocycles. The van der Waals surface area contributed by atoms with Crippen molar-refractivity contribution < 1.29 is 14.3 Å². The van der Waals surface area contributed by atoms with Gasteiger partial charge in [0.25, 0.3) is 0 Å². The largest absolute Gasteiger partial charge is 0.486 e. The van der Waals surface area contributed by atoms with Crippen molar-refractivity contribution in [2.24, 2.45) is 5.10 Å².